The Hall–Kier alpha value is -2.43. The van der Waals surface area contributed by atoms with E-state index in [0.29, 0.717) is 0 Å². The van der Waals surface area contributed by atoms with Crippen LogP contribution in [0.5, 0.6) is 0 Å². The van der Waals surface area contributed by atoms with E-state index in [4.69, 9.17) is 10.2 Å². The SMILES string of the molecule is NS(=O)(=O)c1ccc(S(=O)(=O)Nc2ccc(C(=O)O)cc2)cc1. The van der Waals surface area contributed by atoms with Crippen molar-refractivity contribution in [3.8, 4) is 0 Å². The number of primary sulfonamides is 1. The summed E-state index contributed by atoms with van der Waals surface area (Å²) in [5.41, 5.74) is 0.191. The Labute approximate surface area is 132 Å². The number of carboxylic acids is 1. The molecule has 0 bridgehead atoms. The molecule has 0 heterocycles. The van der Waals surface area contributed by atoms with Gasteiger partial charge < -0.3 is 5.11 Å². The van der Waals surface area contributed by atoms with Crippen LogP contribution in [0.4, 0.5) is 5.69 Å². The Morgan fingerprint density at radius 3 is 1.78 bits per heavy atom. The van der Waals surface area contributed by atoms with Crippen LogP contribution in [-0.2, 0) is 20.0 Å². The highest BCUT2D eigenvalue weighted by atomic mass is 32.2. The van der Waals surface area contributed by atoms with E-state index in [2.05, 4.69) is 4.72 Å². The largest absolute Gasteiger partial charge is 0.478 e. The van der Waals surface area contributed by atoms with Crippen molar-refractivity contribution in [1.29, 1.82) is 0 Å². The van der Waals surface area contributed by atoms with Gasteiger partial charge in [-0.05, 0) is 48.5 Å². The smallest absolute Gasteiger partial charge is 0.335 e. The van der Waals surface area contributed by atoms with Crippen molar-refractivity contribution in [2.45, 2.75) is 9.79 Å². The molecule has 0 aliphatic carbocycles. The molecule has 0 fully saturated rings. The number of carbonyl (C=O) groups is 1. The van der Waals surface area contributed by atoms with E-state index < -0.39 is 26.0 Å². The second-order valence-corrected chi connectivity index (χ2v) is 7.75. The van der Waals surface area contributed by atoms with Gasteiger partial charge in [-0.15, -0.1) is 0 Å². The fourth-order valence-corrected chi connectivity index (χ4v) is 3.28. The van der Waals surface area contributed by atoms with Crippen LogP contribution in [0, 0.1) is 0 Å². The number of nitrogens with two attached hydrogens (primary N) is 1. The van der Waals surface area contributed by atoms with Crippen LogP contribution in [0.25, 0.3) is 0 Å². The second-order valence-electron chi connectivity index (χ2n) is 4.50. The molecule has 23 heavy (non-hydrogen) atoms. The fraction of sp³-hybridized carbons (Fsp3) is 0. The average molecular weight is 356 g/mol. The highest BCUT2D eigenvalue weighted by Crippen LogP contribution is 2.18. The summed E-state index contributed by atoms with van der Waals surface area (Å²) in [4.78, 5) is 10.4. The van der Waals surface area contributed by atoms with Gasteiger partial charge in [0.1, 0.15) is 0 Å². The zero-order valence-corrected chi connectivity index (χ0v) is 13.1. The number of sulfonamides is 2. The van der Waals surface area contributed by atoms with Gasteiger partial charge in [0.25, 0.3) is 10.0 Å². The van der Waals surface area contributed by atoms with Gasteiger partial charge in [0, 0.05) is 5.69 Å². The molecule has 0 atom stereocenters. The van der Waals surface area contributed by atoms with Gasteiger partial charge in [-0.2, -0.15) is 0 Å². The molecule has 0 spiro atoms. The molecule has 8 nitrogen and oxygen atoms in total. The van der Waals surface area contributed by atoms with Crippen molar-refractivity contribution >= 4 is 31.7 Å². The Morgan fingerprint density at radius 1 is 0.870 bits per heavy atom. The van der Waals surface area contributed by atoms with E-state index in [9.17, 15) is 21.6 Å². The number of hydrogen-bond acceptors (Lipinski definition) is 5. The van der Waals surface area contributed by atoms with E-state index in [1.807, 2.05) is 0 Å². The van der Waals surface area contributed by atoms with Gasteiger partial charge in [0.15, 0.2) is 0 Å². The molecule has 0 radical (unpaired) electrons. The minimum atomic E-state index is -3.94. The predicted octanol–water partition coefficient (Wildman–Crippen LogP) is 0.833. The molecule has 2 aromatic rings. The van der Waals surface area contributed by atoms with Crippen LogP contribution in [0.2, 0.25) is 0 Å². The summed E-state index contributed by atoms with van der Waals surface area (Å²) in [6, 6.07) is 9.49. The van der Waals surface area contributed by atoms with Gasteiger partial charge in [0.05, 0.1) is 15.4 Å². The highest BCUT2D eigenvalue weighted by Gasteiger charge is 2.16. The molecule has 4 N–H and O–H groups in total. The van der Waals surface area contributed by atoms with E-state index in [1.54, 1.807) is 0 Å². The zero-order chi connectivity index (χ0) is 17.3. The first-order chi connectivity index (χ1) is 10.6. The lowest BCUT2D eigenvalue weighted by Gasteiger charge is -2.08. The minimum Gasteiger partial charge on any atom is -0.478 e. The van der Waals surface area contributed by atoms with E-state index >= 15 is 0 Å². The lowest BCUT2D eigenvalue weighted by atomic mass is 10.2. The third-order valence-electron chi connectivity index (χ3n) is 2.85. The zero-order valence-electron chi connectivity index (χ0n) is 11.5. The maximum atomic E-state index is 12.2. The van der Waals surface area contributed by atoms with Gasteiger partial charge in [-0.1, -0.05) is 0 Å². The lowest BCUT2D eigenvalue weighted by molar-refractivity contribution is 0.0697. The molecule has 0 aromatic heterocycles. The van der Waals surface area contributed by atoms with Crippen molar-refractivity contribution in [3.63, 3.8) is 0 Å². The molecular weight excluding hydrogens is 344 g/mol. The van der Waals surface area contributed by atoms with Crippen LogP contribution < -0.4 is 9.86 Å². The predicted molar refractivity (Wildman–Crippen MR) is 82.0 cm³/mol. The van der Waals surface area contributed by atoms with Crippen molar-refractivity contribution < 1.29 is 26.7 Å². The summed E-state index contributed by atoms with van der Waals surface area (Å²) in [7, 11) is -7.85. The fourth-order valence-electron chi connectivity index (χ4n) is 1.70. The second kappa shape index (κ2) is 5.99. The van der Waals surface area contributed by atoms with Gasteiger partial charge >= 0.3 is 5.97 Å². The van der Waals surface area contributed by atoms with Gasteiger partial charge in [-0.3, -0.25) is 4.72 Å². The Balaban J connectivity index is 2.26. The number of carboxylic acid groups (broad SMARTS) is 1. The molecule has 0 aliphatic rings. The first-order valence-corrected chi connectivity index (χ1v) is 9.11. The standard InChI is InChI=1S/C13H12N2O6S2/c14-22(18,19)11-5-7-12(8-6-11)23(20,21)15-10-3-1-9(2-4-10)13(16)17/h1-8,15H,(H,16,17)(H2,14,18,19). The molecule has 0 saturated heterocycles. The number of nitrogens with one attached hydrogen (secondary N) is 1. The van der Waals surface area contributed by atoms with E-state index in [1.165, 1.54) is 24.3 Å². The molecule has 0 unspecified atom stereocenters. The number of rotatable bonds is 5. The Morgan fingerprint density at radius 2 is 1.35 bits per heavy atom. The molecule has 0 amide bonds. The third kappa shape index (κ3) is 4.06. The van der Waals surface area contributed by atoms with Crippen LogP contribution in [-0.4, -0.2) is 27.9 Å². The summed E-state index contributed by atoms with van der Waals surface area (Å²) in [6.07, 6.45) is 0. The highest BCUT2D eigenvalue weighted by molar-refractivity contribution is 7.92. The molecule has 0 saturated carbocycles. The van der Waals surface area contributed by atoms with E-state index in [0.717, 1.165) is 24.3 Å². The Kier molecular flexibility index (Phi) is 4.41. The number of hydrogen-bond donors (Lipinski definition) is 3. The van der Waals surface area contributed by atoms with Crippen LogP contribution in [0.15, 0.2) is 58.3 Å². The Bertz CT molecular complexity index is 933. The number of aromatic carboxylic acids is 1. The summed E-state index contributed by atoms with van der Waals surface area (Å²) < 4.78 is 48.9. The van der Waals surface area contributed by atoms with Crippen molar-refractivity contribution in [2.24, 2.45) is 5.14 Å². The number of anilines is 1. The summed E-state index contributed by atoms with van der Waals surface area (Å²) >= 11 is 0. The lowest BCUT2D eigenvalue weighted by Crippen LogP contribution is -2.15. The first-order valence-electron chi connectivity index (χ1n) is 6.09. The van der Waals surface area contributed by atoms with E-state index in [-0.39, 0.29) is 21.0 Å². The maximum Gasteiger partial charge on any atom is 0.335 e. The average Bonchev–Trinajstić information content (AvgIpc) is 2.46. The normalized spacial score (nSPS) is 11.9. The summed E-state index contributed by atoms with van der Waals surface area (Å²) in [6.45, 7) is 0. The third-order valence-corrected chi connectivity index (χ3v) is 5.17. The van der Waals surface area contributed by atoms with Crippen molar-refractivity contribution in [1.82, 2.24) is 0 Å². The van der Waals surface area contributed by atoms with Gasteiger partial charge in [0.2, 0.25) is 10.0 Å². The van der Waals surface area contributed by atoms with Crippen LogP contribution in [0.1, 0.15) is 10.4 Å². The van der Waals surface area contributed by atoms with Crippen molar-refractivity contribution in [2.75, 3.05) is 4.72 Å². The molecule has 10 heteroatoms. The quantitative estimate of drug-likeness (QED) is 0.724. The minimum absolute atomic E-state index is 0.0189. The van der Waals surface area contributed by atoms with Gasteiger partial charge in [-0.25, -0.2) is 26.8 Å². The molecular formula is C13H12N2O6S2. The monoisotopic (exact) mass is 356 g/mol. The maximum absolute atomic E-state index is 12.2. The molecule has 2 rings (SSSR count). The summed E-state index contributed by atoms with van der Waals surface area (Å²) in [5, 5.41) is 13.7. The van der Waals surface area contributed by atoms with Crippen LogP contribution >= 0.6 is 0 Å². The van der Waals surface area contributed by atoms with Crippen LogP contribution in [0.3, 0.4) is 0 Å². The number of benzene rings is 2. The molecule has 2 aromatic carbocycles. The molecule has 122 valence electrons. The topological polar surface area (TPSA) is 144 Å². The van der Waals surface area contributed by atoms with Crippen molar-refractivity contribution in [3.05, 3.63) is 54.1 Å². The first kappa shape index (κ1) is 16.9. The summed E-state index contributed by atoms with van der Waals surface area (Å²) in [5.74, 6) is -1.13. The molecule has 0 aliphatic heterocycles.